The van der Waals surface area contributed by atoms with Crippen LogP contribution in [0.5, 0.6) is 0 Å². The van der Waals surface area contributed by atoms with Crippen molar-refractivity contribution < 1.29 is 14.0 Å². The van der Waals surface area contributed by atoms with E-state index >= 15 is 0 Å². The van der Waals surface area contributed by atoms with Crippen molar-refractivity contribution in [2.45, 2.75) is 37.8 Å². The third kappa shape index (κ3) is 4.03. The molecule has 0 spiro atoms. The average molecular weight is 422 g/mol. The molecule has 0 unspecified atom stereocenters. The van der Waals surface area contributed by atoms with Gasteiger partial charge in [-0.2, -0.15) is 0 Å². The van der Waals surface area contributed by atoms with Gasteiger partial charge in [0.1, 0.15) is 0 Å². The highest BCUT2D eigenvalue weighted by atomic mass is 32.2. The summed E-state index contributed by atoms with van der Waals surface area (Å²) in [6.45, 7) is 6.89. The number of amides is 2. The summed E-state index contributed by atoms with van der Waals surface area (Å²) in [6, 6.07) is 15.1. The minimum absolute atomic E-state index is 0.0911. The van der Waals surface area contributed by atoms with E-state index in [9.17, 15) is 9.59 Å². The number of carbonyl (C=O) groups excluding carboxylic acids is 2. The Hall–Kier alpha value is -2.93. The van der Waals surface area contributed by atoms with Gasteiger partial charge in [-0.1, -0.05) is 56.8 Å². The highest BCUT2D eigenvalue weighted by Gasteiger charge is 2.34. The maximum absolute atomic E-state index is 12.4. The minimum Gasteiger partial charge on any atom is -0.411 e. The van der Waals surface area contributed by atoms with E-state index in [4.69, 9.17) is 4.42 Å². The van der Waals surface area contributed by atoms with E-state index in [0.717, 1.165) is 5.56 Å². The molecule has 0 N–H and O–H groups in total. The topological polar surface area (TPSA) is 76.3 Å². The van der Waals surface area contributed by atoms with Crippen LogP contribution >= 0.6 is 11.8 Å². The predicted octanol–water partition coefficient (Wildman–Crippen LogP) is 4.81. The molecule has 1 aromatic heterocycles. The number of thioether (sulfide) groups is 1. The summed E-state index contributed by atoms with van der Waals surface area (Å²) < 4.78 is 5.75. The van der Waals surface area contributed by atoms with Gasteiger partial charge in [0.05, 0.1) is 11.1 Å². The van der Waals surface area contributed by atoms with E-state index in [-0.39, 0.29) is 17.2 Å². The molecule has 0 radical (unpaired) electrons. The molecule has 0 bridgehead atoms. The second kappa shape index (κ2) is 8.07. The fourth-order valence-electron chi connectivity index (χ4n) is 3.32. The first-order valence-corrected chi connectivity index (χ1v) is 10.9. The molecule has 3 aromatic rings. The van der Waals surface area contributed by atoms with Gasteiger partial charge in [-0.15, -0.1) is 10.2 Å². The summed E-state index contributed by atoms with van der Waals surface area (Å²) in [7, 11) is 0. The Labute approximate surface area is 179 Å². The maximum atomic E-state index is 12.4. The van der Waals surface area contributed by atoms with Crippen LogP contribution in [0.25, 0.3) is 11.5 Å². The molecule has 2 heterocycles. The van der Waals surface area contributed by atoms with Gasteiger partial charge in [0, 0.05) is 17.9 Å². The Balaban J connectivity index is 1.30. The number of carbonyl (C=O) groups is 2. The Bertz CT molecular complexity index is 1050. The van der Waals surface area contributed by atoms with Gasteiger partial charge in [0.15, 0.2) is 0 Å². The summed E-state index contributed by atoms with van der Waals surface area (Å²) in [4.78, 5) is 26.1. The molecule has 4 rings (SSSR count). The predicted molar refractivity (Wildman–Crippen MR) is 116 cm³/mol. The van der Waals surface area contributed by atoms with Crippen molar-refractivity contribution in [2.24, 2.45) is 0 Å². The molecule has 30 heavy (non-hydrogen) atoms. The van der Waals surface area contributed by atoms with Crippen molar-refractivity contribution >= 4 is 23.6 Å². The molecule has 6 nitrogen and oxygen atoms in total. The smallest absolute Gasteiger partial charge is 0.276 e. The first kappa shape index (κ1) is 20.3. The van der Waals surface area contributed by atoms with Gasteiger partial charge in [0.25, 0.3) is 17.0 Å². The summed E-state index contributed by atoms with van der Waals surface area (Å²) in [6.07, 6.45) is 0.647. The Morgan fingerprint density at radius 3 is 2.17 bits per heavy atom. The van der Waals surface area contributed by atoms with Crippen molar-refractivity contribution in [2.75, 3.05) is 12.3 Å². The van der Waals surface area contributed by atoms with Gasteiger partial charge in [-0.05, 0) is 41.7 Å². The number of imide groups is 1. The fourth-order valence-corrected chi connectivity index (χ4v) is 4.01. The highest BCUT2D eigenvalue weighted by Crippen LogP contribution is 2.28. The molecule has 0 atom stereocenters. The molecule has 2 aromatic carbocycles. The van der Waals surface area contributed by atoms with Crippen LogP contribution in [0.1, 0.15) is 53.5 Å². The Morgan fingerprint density at radius 2 is 1.57 bits per heavy atom. The number of hydrogen-bond acceptors (Lipinski definition) is 6. The molecule has 1 aliphatic rings. The van der Waals surface area contributed by atoms with E-state index in [0.29, 0.717) is 41.0 Å². The van der Waals surface area contributed by atoms with E-state index in [1.54, 1.807) is 24.3 Å². The van der Waals surface area contributed by atoms with E-state index in [1.165, 1.54) is 22.2 Å². The normalized spacial score (nSPS) is 13.8. The number of fused-ring (bicyclic) bond motifs is 1. The number of hydrogen-bond donors (Lipinski definition) is 0. The molecule has 1 aliphatic heterocycles. The number of nitrogens with zero attached hydrogens (tertiary/aromatic N) is 3. The van der Waals surface area contributed by atoms with Gasteiger partial charge in [0.2, 0.25) is 5.89 Å². The van der Waals surface area contributed by atoms with Crippen molar-refractivity contribution in [1.82, 2.24) is 15.1 Å². The van der Waals surface area contributed by atoms with Crippen LogP contribution in [0.4, 0.5) is 0 Å². The lowest BCUT2D eigenvalue weighted by atomic mass is 9.87. The second-order valence-corrected chi connectivity index (χ2v) is 9.26. The van der Waals surface area contributed by atoms with Crippen LogP contribution in [0.15, 0.2) is 58.2 Å². The number of rotatable bonds is 6. The lowest BCUT2D eigenvalue weighted by molar-refractivity contribution is 0.0655. The third-order valence-corrected chi connectivity index (χ3v) is 5.94. The SMILES string of the molecule is CC(C)(C)c1ccc(-c2nnc(SCCCN3C(=O)c4ccccc4C3=O)o2)cc1. The summed E-state index contributed by atoms with van der Waals surface area (Å²) in [5.74, 6) is 0.704. The Kier molecular flexibility index (Phi) is 5.47. The monoisotopic (exact) mass is 421 g/mol. The molecule has 0 aliphatic carbocycles. The van der Waals surface area contributed by atoms with Gasteiger partial charge >= 0.3 is 0 Å². The minimum atomic E-state index is -0.223. The molecular weight excluding hydrogens is 398 g/mol. The first-order chi connectivity index (χ1) is 14.3. The van der Waals surface area contributed by atoms with Crippen LogP contribution < -0.4 is 0 Å². The lowest BCUT2D eigenvalue weighted by Gasteiger charge is -2.18. The van der Waals surface area contributed by atoms with Crippen molar-refractivity contribution in [3.8, 4) is 11.5 Å². The molecule has 7 heteroatoms. The molecule has 0 fully saturated rings. The largest absolute Gasteiger partial charge is 0.411 e. The fraction of sp³-hybridized carbons (Fsp3) is 0.304. The Morgan fingerprint density at radius 1 is 0.933 bits per heavy atom. The molecular formula is C23H23N3O3S. The van der Waals surface area contributed by atoms with E-state index in [1.807, 2.05) is 12.1 Å². The summed E-state index contributed by atoms with van der Waals surface area (Å²) in [5, 5.41) is 8.70. The van der Waals surface area contributed by atoms with Crippen molar-refractivity contribution in [3.63, 3.8) is 0 Å². The van der Waals surface area contributed by atoms with E-state index in [2.05, 4.69) is 43.1 Å². The van der Waals surface area contributed by atoms with Crippen molar-refractivity contribution in [3.05, 3.63) is 65.2 Å². The lowest BCUT2D eigenvalue weighted by Crippen LogP contribution is -2.30. The van der Waals surface area contributed by atoms with E-state index < -0.39 is 0 Å². The van der Waals surface area contributed by atoms with Crippen LogP contribution in [0, 0.1) is 0 Å². The van der Waals surface area contributed by atoms with Gasteiger partial charge in [-0.25, -0.2) is 0 Å². The zero-order valence-electron chi connectivity index (χ0n) is 17.2. The zero-order valence-corrected chi connectivity index (χ0v) is 18.0. The average Bonchev–Trinajstić information content (AvgIpc) is 3.29. The quantitative estimate of drug-likeness (QED) is 0.323. The highest BCUT2D eigenvalue weighted by molar-refractivity contribution is 7.99. The molecule has 154 valence electrons. The summed E-state index contributed by atoms with van der Waals surface area (Å²) >= 11 is 1.42. The maximum Gasteiger partial charge on any atom is 0.276 e. The second-order valence-electron chi connectivity index (χ2n) is 8.21. The molecule has 2 amide bonds. The molecule has 0 saturated carbocycles. The zero-order chi connectivity index (χ0) is 21.3. The van der Waals surface area contributed by atoms with Crippen LogP contribution in [0.2, 0.25) is 0 Å². The van der Waals surface area contributed by atoms with Gasteiger partial charge in [-0.3, -0.25) is 14.5 Å². The van der Waals surface area contributed by atoms with Crippen LogP contribution in [0.3, 0.4) is 0 Å². The number of aromatic nitrogens is 2. The first-order valence-electron chi connectivity index (χ1n) is 9.87. The standard InChI is InChI=1S/C23H23N3O3S/c1-23(2,3)16-11-9-15(10-12-16)19-24-25-22(29-19)30-14-6-13-26-20(27)17-7-4-5-8-18(17)21(26)28/h4-5,7-12H,6,13-14H2,1-3H3. The van der Waals surface area contributed by atoms with Gasteiger partial charge < -0.3 is 4.42 Å². The van der Waals surface area contributed by atoms with Crippen LogP contribution in [-0.4, -0.2) is 39.2 Å². The third-order valence-electron chi connectivity index (χ3n) is 5.03. The molecule has 0 saturated heterocycles. The number of benzene rings is 2. The van der Waals surface area contributed by atoms with Crippen LogP contribution in [-0.2, 0) is 5.41 Å². The summed E-state index contributed by atoms with van der Waals surface area (Å²) in [5.41, 5.74) is 3.18. The van der Waals surface area contributed by atoms with Crippen molar-refractivity contribution in [1.29, 1.82) is 0 Å².